The number of alkyl halides is 3. The molecule has 152 valence electrons. The number of rotatable bonds is 5. The number of aliphatic carboxylic acids is 2. The van der Waals surface area contributed by atoms with Crippen LogP contribution >= 0.6 is 0 Å². The van der Waals surface area contributed by atoms with Crippen LogP contribution in [-0.2, 0) is 14.3 Å². The number of carbonyl (C=O) groups is 2. The van der Waals surface area contributed by atoms with E-state index in [4.69, 9.17) is 14.6 Å². The monoisotopic (exact) mass is 384 g/mol. The van der Waals surface area contributed by atoms with E-state index in [0.29, 0.717) is 12.0 Å². The Morgan fingerprint density at radius 3 is 2.12 bits per heavy atom. The van der Waals surface area contributed by atoms with Gasteiger partial charge < -0.3 is 14.9 Å². The maximum Gasteiger partial charge on any atom is 0.490 e. The first kappa shape index (κ1) is 22.7. The van der Waals surface area contributed by atoms with Crippen molar-refractivity contribution >= 4 is 11.9 Å². The van der Waals surface area contributed by atoms with E-state index in [9.17, 15) is 23.1 Å². The molecule has 2 saturated heterocycles. The van der Waals surface area contributed by atoms with Gasteiger partial charge in [0.05, 0.1) is 13.2 Å². The highest BCUT2D eigenvalue weighted by Crippen LogP contribution is 2.22. The van der Waals surface area contributed by atoms with E-state index >= 15 is 0 Å². The number of hydrogen-bond acceptors (Lipinski definition) is 5. The van der Waals surface area contributed by atoms with Crippen molar-refractivity contribution in [3.8, 4) is 0 Å². The molecule has 7 nitrogen and oxygen atoms in total. The van der Waals surface area contributed by atoms with Gasteiger partial charge in [0.2, 0.25) is 0 Å². The van der Waals surface area contributed by atoms with Crippen LogP contribution < -0.4 is 0 Å². The van der Waals surface area contributed by atoms with Gasteiger partial charge in [0, 0.05) is 32.2 Å². The summed E-state index contributed by atoms with van der Waals surface area (Å²) in [4.78, 5) is 24.9. The normalized spacial score (nSPS) is 23.4. The smallest absolute Gasteiger partial charge is 0.480 e. The van der Waals surface area contributed by atoms with Crippen molar-refractivity contribution in [1.82, 2.24) is 9.80 Å². The minimum atomic E-state index is -5.08. The molecule has 0 amide bonds. The molecular weight excluding hydrogens is 357 g/mol. The summed E-state index contributed by atoms with van der Waals surface area (Å²) in [5.74, 6) is -3.01. The summed E-state index contributed by atoms with van der Waals surface area (Å²) in [6.45, 7) is 9.57. The molecule has 2 rings (SSSR count). The summed E-state index contributed by atoms with van der Waals surface area (Å²) < 4.78 is 37.1. The number of hydrogen-bond donors (Lipinski definition) is 2. The lowest BCUT2D eigenvalue weighted by Crippen LogP contribution is -2.47. The molecule has 0 aromatic carbocycles. The highest BCUT2D eigenvalue weighted by molar-refractivity contribution is 5.73. The molecule has 0 radical (unpaired) electrons. The van der Waals surface area contributed by atoms with Gasteiger partial charge in [-0.1, -0.05) is 13.8 Å². The molecule has 0 aromatic heterocycles. The molecule has 2 N–H and O–H groups in total. The average Bonchev–Trinajstić information content (AvgIpc) is 3.02. The Hall–Kier alpha value is -1.39. The summed E-state index contributed by atoms with van der Waals surface area (Å²) in [5, 5.41) is 16.5. The Labute approximate surface area is 150 Å². The molecule has 2 heterocycles. The fourth-order valence-corrected chi connectivity index (χ4v) is 3.14. The predicted molar refractivity (Wildman–Crippen MR) is 86.9 cm³/mol. The quantitative estimate of drug-likeness (QED) is 0.743. The highest BCUT2D eigenvalue weighted by Gasteiger charge is 2.38. The van der Waals surface area contributed by atoms with Gasteiger partial charge in [-0.05, 0) is 18.8 Å². The van der Waals surface area contributed by atoms with E-state index in [-0.39, 0.29) is 6.04 Å². The van der Waals surface area contributed by atoms with Crippen LogP contribution in [0.2, 0.25) is 0 Å². The Morgan fingerprint density at radius 1 is 1.15 bits per heavy atom. The molecule has 10 heteroatoms. The van der Waals surface area contributed by atoms with E-state index < -0.39 is 18.1 Å². The molecule has 2 atom stereocenters. The van der Waals surface area contributed by atoms with E-state index in [1.807, 2.05) is 0 Å². The summed E-state index contributed by atoms with van der Waals surface area (Å²) in [6.07, 6.45) is -3.26. The van der Waals surface area contributed by atoms with Crippen molar-refractivity contribution in [2.45, 2.75) is 44.9 Å². The number of ether oxygens (including phenoxy) is 1. The van der Waals surface area contributed by atoms with Crippen molar-refractivity contribution in [3.05, 3.63) is 0 Å². The van der Waals surface area contributed by atoms with Gasteiger partial charge in [-0.3, -0.25) is 14.6 Å². The van der Waals surface area contributed by atoms with Gasteiger partial charge in [0.15, 0.2) is 0 Å². The number of carboxylic acid groups (broad SMARTS) is 2. The van der Waals surface area contributed by atoms with E-state index in [1.54, 1.807) is 0 Å². The predicted octanol–water partition coefficient (Wildman–Crippen LogP) is 1.53. The first-order valence-corrected chi connectivity index (χ1v) is 8.61. The number of morpholine rings is 1. The van der Waals surface area contributed by atoms with Crippen LogP contribution in [0.15, 0.2) is 0 Å². The highest BCUT2D eigenvalue weighted by atomic mass is 19.4. The number of carboxylic acids is 2. The average molecular weight is 384 g/mol. The minimum Gasteiger partial charge on any atom is -0.480 e. The van der Waals surface area contributed by atoms with Gasteiger partial charge in [0.1, 0.15) is 6.04 Å². The zero-order valence-corrected chi connectivity index (χ0v) is 15.0. The maximum absolute atomic E-state index is 11.4. The minimum absolute atomic E-state index is 0.314. The second-order valence-corrected chi connectivity index (χ2v) is 6.87. The summed E-state index contributed by atoms with van der Waals surface area (Å²) in [5.41, 5.74) is 0. The topological polar surface area (TPSA) is 90.3 Å². The zero-order chi connectivity index (χ0) is 19.9. The van der Waals surface area contributed by atoms with Crippen molar-refractivity contribution in [2.75, 3.05) is 39.4 Å². The van der Waals surface area contributed by atoms with E-state index in [1.165, 1.54) is 0 Å². The van der Waals surface area contributed by atoms with Gasteiger partial charge in [-0.2, -0.15) is 13.2 Å². The standard InChI is InChI=1S/C14H26N2O3.C2HF3O2/c1-11(2)9-13(14(17)18)16-4-3-12(10-16)15-5-7-19-8-6-15;3-2(4,5)1(6)7/h11-13H,3-10H2,1-2H3,(H,17,18);(H,6,7). The third-order valence-electron chi connectivity index (χ3n) is 4.42. The SMILES string of the molecule is CC(C)CC(C(=O)O)N1CCC(N2CCOCC2)C1.O=C(O)C(F)(F)F. The van der Waals surface area contributed by atoms with Crippen LogP contribution in [0.1, 0.15) is 26.7 Å². The molecule has 2 fully saturated rings. The van der Waals surface area contributed by atoms with E-state index in [2.05, 4.69) is 23.6 Å². The number of likely N-dealkylation sites (tertiary alicyclic amines) is 1. The van der Waals surface area contributed by atoms with Crippen LogP contribution in [0.5, 0.6) is 0 Å². The van der Waals surface area contributed by atoms with Crippen LogP contribution in [0.25, 0.3) is 0 Å². The first-order valence-electron chi connectivity index (χ1n) is 8.61. The lowest BCUT2D eigenvalue weighted by Gasteiger charge is -2.33. The van der Waals surface area contributed by atoms with Crippen LogP contribution in [-0.4, -0.2) is 89.6 Å². The molecule has 2 unspecified atom stereocenters. The second-order valence-electron chi connectivity index (χ2n) is 6.87. The zero-order valence-electron chi connectivity index (χ0n) is 15.0. The lowest BCUT2D eigenvalue weighted by molar-refractivity contribution is -0.192. The molecule has 0 aliphatic carbocycles. The van der Waals surface area contributed by atoms with Crippen LogP contribution in [0.3, 0.4) is 0 Å². The third kappa shape index (κ3) is 7.46. The molecule has 26 heavy (non-hydrogen) atoms. The number of halogens is 3. The van der Waals surface area contributed by atoms with Gasteiger partial charge in [-0.15, -0.1) is 0 Å². The Kier molecular flexibility index (Phi) is 8.78. The Morgan fingerprint density at radius 2 is 1.69 bits per heavy atom. The van der Waals surface area contributed by atoms with Crippen LogP contribution in [0, 0.1) is 5.92 Å². The molecule has 0 saturated carbocycles. The largest absolute Gasteiger partial charge is 0.490 e. The lowest BCUT2D eigenvalue weighted by atomic mass is 10.0. The van der Waals surface area contributed by atoms with Crippen molar-refractivity contribution < 1.29 is 37.7 Å². The summed E-state index contributed by atoms with van der Waals surface area (Å²) >= 11 is 0. The molecular formula is C16H27F3N2O5. The molecule has 0 spiro atoms. The second kappa shape index (κ2) is 10.1. The third-order valence-corrected chi connectivity index (χ3v) is 4.42. The molecule has 2 aliphatic rings. The van der Waals surface area contributed by atoms with Gasteiger partial charge >= 0.3 is 18.1 Å². The van der Waals surface area contributed by atoms with Crippen molar-refractivity contribution in [3.63, 3.8) is 0 Å². The summed E-state index contributed by atoms with van der Waals surface area (Å²) in [6, 6.07) is 0.198. The molecule has 0 aromatic rings. The van der Waals surface area contributed by atoms with Crippen LogP contribution in [0.4, 0.5) is 13.2 Å². The van der Waals surface area contributed by atoms with E-state index in [0.717, 1.165) is 52.2 Å². The maximum atomic E-state index is 11.4. The fraction of sp³-hybridized carbons (Fsp3) is 0.875. The van der Waals surface area contributed by atoms with Gasteiger partial charge in [0.25, 0.3) is 0 Å². The Balaban J connectivity index is 0.000000412. The fourth-order valence-electron chi connectivity index (χ4n) is 3.14. The molecule has 0 bridgehead atoms. The van der Waals surface area contributed by atoms with Gasteiger partial charge in [-0.25, -0.2) is 4.79 Å². The number of nitrogens with zero attached hydrogens (tertiary/aromatic N) is 2. The first-order chi connectivity index (χ1) is 12.0. The Bertz CT molecular complexity index is 467. The molecule has 2 aliphatic heterocycles. The van der Waals surface area contributed by atoms with Crippen molar-refractivity contribution in [2.24, 2.45) is 5.92 Å². The van der Waals surface area contributed by atoms with Crippen molar-refractivity contribution in [1.29, 1.82) is 0 Å². The summed E-state index contributed by atoms with van der Waals surface area (Å²) in [7, 11) is 0.